The van der Waals surface area contributed by atoms with E-state index in [2.05, 4.69) is 102 Å². The van der Waals surface area contributed by atoms with Crippen LogP contribution in [0, 0.1) is 0 Å². The number of hydrogen-bond acceptors (Lipinski definition) is 3. The molecule has 2 nitrogen and oxygen atoms in total. The summed E-state index contributed by atoms with van der Waals surface area (Å²) in [6, 6.07) is 29.7. The van der Waals surface area contributed by atoms with Crippen LogP contribution >= 0.6 is 11.3 Å². The molecule has 5 rings (SSSR count). The van der Waals surface area contributed by atoms with E-state index < -0.39 is 0 Å². The predicted octanol–water partition coefficient (Wildman–Crippen LogP) is 9.60. The predicted molar refractivity (Wildman–Crippen MR) is 155 cm³/mol. The first-order valence-corrected chi connectivity index (χ1v) is 13.3. The van der Waals surface area contributed by atoms with Crippen LogP contribution in [0.15, 0.2) is 84.9 Å². The molecule has 0 saturated carbocycles. The molecule has 0 bridgehead atoms. The molecule has 182 valence electrons. The first-order chi connectivity index (χ1) is 17.0. The highest BCUT2D eigenvalue weighted by atomic mass is 32.1. The van der Waals surface area contributed by atoms with E-state index >= 15 is 0 Å². The molecule has 3 heteroatoms. The van der Waals surface area contributed by atoms with Gasteiger partial charge in [0.25, 0.3) is 0 Å². The number of hydrogen-bond donors (Lipinski definition) is 1. The van der Waals surface area contributed by atoms with Crippen molar-refractivity contribution in [1.82, 2.24) is 4.98 Å². The number of fused-ring (bicyclic) bond motifs is 1. The van der Waals surface area contributed by atoms with Crippen LogP contribution in [-0.2, 0) is 10.8 Å². The van der Waals surface area contributed by atoms with Crippen molar-refractivity contribution in [2.45, 2.75) is 52.4 Å². The number of phenols is 1. The van der Waals surface area contributed by atoms with Gasteiger partial charge in [-0.3, -0.25) is 0 Å². The van der Waals surface area contributed by atoms with Gasteiger partial charge >= 0.3 is 0 Å². The van der Waals surface area contributed by atoms with Crippen molar-refractivity contribution < 1.29 is 5.11 Å². The van der Waals surface area contributed by atoms with E-state index in [-0.39, 0.29) is 16.6 Å². The molecule has 0 saturated heterocycles. The smallest absolute Gasteiger partial charge is 0.128 e. The highest BCUT2D eigenvalue weighted by Gasteiger charge is 2.20. The lowest BCUT2D eigenvalue weighted by Crippen LogP contribution is -2.11. The Morgan fingerprint density at radius 2 is 1.17 bits per heavy atom. The fourth-order valence-electron chi connectivity index (χ4n) is 4.46. The van der Waals surface area contributed by atoms with E-state index in [9.17, 15) is 5.11 Å². The molecule has 0 fully saturated rings. The maximum Gasteiger partial charge on any atom is 0.128 e. The zero-order valence-electron chi connectivity index (χ0n) is 21.9. The molecule has 1 aromatic heterocycles. The van der Waals surface area contributed by atoms with Crippen LogP contribution in [0.3, 0.4) is 0 Å². The molecular formula is C33H33NOS. The molecule has 0 atom stereocenters. The summed E-state index contributed by atoms with van der Waals surface area (Å²) in [5.41, 5.74) is 9.23. The second-order valence-electron chi connectivity index (χ2n) is 11.6. The van der Waals surface area contributed by atoms with E-state index in [0.29, 0.717) is 0 Å². The summed E-state index contributed by atoms with van der Waals surface area (Å²) in [6.45, 7) is 13.5. The number of rotatable bonds is 3. The van der Waals surface area contributed by atoms with Gasteiger partial charge in [-0.05, 0) is 62.9 Å². The Hall–Kier alpha value is -3.43. The largest absolute Gasteiger partial charge is 0.507 e. The molecule has 0 unspecified atom stereocenters. The van der Waals surface area contributed by atoms with Crippen molar-refractivity contribution in [3.05, 3.63) is 96.1 Å². The molecule has 5 aromatic rings. The number of thiazole rings is 1. The van der Waals surface area contributed by atoms with Gasteiger partial charge in [0.15, 0.2) is 0 Å². The molecule has 1 N–H and O–H groups in total. The fourth-order valence-corrected chi connectivity index (χ4v) is 5.52. The molecule has 0 aliphatic rings. The van der Waals surface area contributed by atoms with Gasteiger partial charge in [-0.25, -0.2) is 4.98 Å². The summed E-state index contributed by atoms with van der Waals surface area (Å²) in [5.74, 6) is 0.260. The van der Waals surface area contributed by atoms with Gasteiger partial charge < -0.3 is 5.11 Å². The molecule has 0 spiro atoms. The molecule has 0 aliphatic heterocycles. The minimum atomic E-state index is 0.0106. The lowest BCUT2D eigenvalue weighted by atomic mass is 9.85. The third-order valence-corrected chi connectivity index (χ3v) is 7.81. The Balaban J connectivity index is 1.59. The van der Waals surface area contributed by atoms with Crippen LogP contribution in [0.4, 0.5) is 0 Å². The monoisotopic (exact) mass is 491 g/mol. The zero-order valence-corrected chi connectivity index (χ0v) is 22.7. The van der Waals surface area contributed by atoms with E-state index in [0.717, 1.165) is 31.9 Å². The van der Waals surface area contributed by atoms with Crippen LogP contribution in [0.1, 0.15) is 52.7 Å². The molecule has 36 heavy (non-hydrogen) atoms. The minimum Gasteiger partial charge on any atom is -0.507 e. The zero-order chi connectivity index (χ0) is 25.7. The van der Waals surface area contributed by atoms with Crippen LogP contribution in [0.2, 0.25) is 0 Å². The molecule has 4 aromatic carbocycles. The van der Waals surface area contributed by atoms with Crippen LogP contribution in [0.25, 0.3) is 43.0 Å². The normalized spacial score (nSPS) is 12.3. The fraction of sp³-hybridized carbons (Fsp3) is 0.242. The maximum atomic E-state index is 10.4. The van der Waals surface area contributed by atoms with Gasteiger partial charge in [-0.1, -0.05) is 102 Å². The first-order valence-electron chi connectivity index (χ1n) is 12.5. The van der Waals surface area contributed by atoms with Crippen molar-refractivity contribution in [2.75, 3.05) is 0 Å². The minimum absolute atomic E-state index is 0.0106. The summed E-state index contributed by atoms with van der Waals surface area (Å²) >= 11 is 1.64. The standard InChI is InChI=1S/C33H33NOS/c1-32(2,3)24-17-15-22(16-18-24)21-11-13-23(14-12-21)27-19-25(33(4,5)6)20-29-30(27)34-31(36-29)26-9-7-8-10-28(26)35/h7-20,35H,1-6H3. The van der Waals surface area contributed by atoms with Crippen molar-refractivity contribution in [2.24, 2.45) is 0 Å². The van der Waals surface area contributed by atoms with Crippen molar-refractivity contribution in [3.8, 4) is 38.6 Å². The Kier molecular flexibility index (Phi) is 6.00. The number of benzene rings is 4. The Labute approximate surface area is 218 Å². The molecule has 1 heterocycles. The summed E-state index contributed by atoms with van der Waals surface area (Å²) in [6.07, 6.45) is 0. The lowest BCUT2D eigenvalue weighted by molar-refractivity contribution is 0.477. The SMILES string of the molecule is CC(C)(C)c1ccc(-c2ccc(-c3cc(C(C)(C)C)cc4sc(-c5ccccc5O)nc34)cc2)cc1. The lowest BCUT2D eigenvalue weighted by Gasteiger charge is -2.20. The average molecular weight is 492 g/mol. The van der Waals surface area contributed by atoms with Gasteiger partial charge in [0.05, 0.1) is 15.8 Å². The maximum absolute atomic E-state index is 10.4. The van der Waals surface area contributed by atoms with Gasteiger partial charge in [0, 0.05) is 5.56 Å². The molecule has 0 radical (unpaired) electrons. The Morgan fingerprint density at radius 3 is 1.75 bits per heavy atom. The van der Waals surface area contributed by atoms with E-state index in [1.165, 1.54) is 22.3 Å². The molecule has 0 amide bonds. The number of phenolic OH excluding ortho intramolecular Hbond substituents is 1. The van der Waals surface area contributed by atoms with Crippen molar-refractivity contribution in [3.63, 3.8) is 0 Å². The average Bonchev–Trinajstić information content (AvgIpc) is 3.27. The van der Waals surface area contributed by atoms with Gasteiger partial charge in [-0.2, -0.15) is 0 Å². The van der Waals surface area contributed by atoms with Crippen LogP contribution < -0.4 is 0 Å². The van der Waals surface area contributed by atoms with Gasteiger partial charge in [0.1, 0.15) is 10.8 Å². The third-order valence-electron chi connectivity index (χ3n) is 6.78. The number of aromatic hydroxyl groups is 1. The number of nitrogens with zero attached hydrogens (tertiary/aromatic N) is 1. The van der Waals surface area contributed by atoms with Crippen LogP contribution in [-0.4, -0.2) is 10.1 Å². The Morgan fingerprint density at radius 1 is 0.611 bits per heavy atom. The van der Waals surface area contributed by atoms with E-state index in [4.69, 9.17) is 4.98 Å². The molecular weight excluding hydrogens is 458 g/mol. The van der Waals surface area contributed by atoms with Crippen LogP contribution in [0.5, 0.6) is 5.75 Å². The molecule has 0 aliphatic carbocycles. The van der Waals surface area contributed by atoms with E-state index in [1.807, 2.05) is 18.2 Å². The highest BCUT2D eigenvalue weighted by Crippen LogP contribution is 2.41. The van der Waals surface area contributed by atoms with E-state index in [1.54, 1.807) is 17.4 Å². The summed E-state index contributed by atoms with van der Waals surface area (Å²) in [7, 11) is 0. The topological polar surface area (TPSA) is 33.1 Å². The third kappa shape index (κ3) is 4.68. The highest BCUT2D eigenvalue weighted by molar-refractivity contribution is 7.21. The first kappa shape index (κ1) is 24.3. The second kappa shape index (κ2) is 8.90. The number of aromatic nitrogens is 1. The van der Waals surface area contributed by atoms with Crippen molar-refractivity contribution >= 4 is 21.6 Å². The summed E-state index contributed by atoms with van der Waals surface area (Å²) < 4.78 is 1.14. The van der Waals surface area contributed by atoms with Gasteiger partial charge in [0.2, 0.25) is 0 Å². The number of para-hydroxylation sites is 1. The quantitative estimate of drug-likeness (QED) is 0.272. The Bertz CT molecular complexity index is 1530. The summed E-state index contributed by atoms with van der Waals surface area (Å²) in [5, 5.41) is 11.3. The second-order valence-corrected chi connectivity index (χ2v) is 12.6. The summed E-state index contributed by atoms with van der Waals surface area (Å²) in [4.78, 5) is 5.02. The van der Waals surface area contributed by atoms with Crippen molar-refractivity contribution in [1.29, 1.82) is 0 Å². The van der Waals surface area contributed by atoms with Gasteiger partial charge in [-0.15, -0.1) is 11.3 Å².